The average molecular weight is 1240 g/mol. The zero-order valence-corrected chi connectivity index (χ0v) is 60.0. The van der Waals surface area contributed by atoms with Gasteiger partial charge < -0.3 is 20.3 Å². The Kier molecular flexibility index (Phi) is 76.3. The second kappa shape index (κ2) is 77.8. The predicted molar refractivity (Wildman–Crippen MR) is 389 cm³/mol. The molecule has 2 unspecified atom stereocenters. The molecule has 522 valence electrons. The highest BCUT2D eigenvalue weighted by Crippen LogP contribution is 2.20. The number of ether oxygens (including phenoxy) is 1. The molecule has 2 atom stereocenters. The normalized spacial score (nSPS) is 12.5. The molecule has 0 saturated carbocycles. The van der Waals surface area contributed by atoms with Gasteiger partial charge in [-0.15, -0.1) is 0 Å². The fourth-order valence-electron chi connectivity index (χ4n) is 13.1. The van der Waals surface area contributed by atoms with Gasteiger partial charge in [0.15, 0.2) is 0 Å². The van der Waals surface area contributed by atoms with Crippen molar-refractivity contribution in [1.82, 2.24) is 5.32 Å². The smallest absolute Gasteiger partial charge is 0.305 e. The molecule has 0 radical (unpaired) electrons. The van der Waals surface area contributed by atoms with Gasteiger partial charge >= 0.3 is 5.97 Å². The van der Waals surface area contributed by atoms with Gasteiger partial charge in [0.2, 0.25) is 5.91 Å². The molecule has 0 aliphatic heterocycles. The van der Waals surface area contributed by atoms with Crippen molar-refractivity contribution in [3.05, 3.63) is 24.3 Å². The Morgan fingerprint density at radius 3 is 0.864 bits per heavy atom. The first-order valence-electron chi connectivity index (χ1n) is 40.6. The number of hydrogen-bond acceptors (Lipinski definition) is 5. The summed E-state index contributed by atoms with van der Waals surface area (Å²) in [5, 5.41) is 23.4. The Labute approximate surface area is 551 Å². The van der Waals surface area contributed by atoms with Crippen LogP contribution in [-0.4, -0.2) is 47.4 Å². The first-order valence-corrected chi connectivity index (χ1v) is 40.6. The Morgan fingerprint density at radius 1 is 0.318 bits per heavy atom. The van der Waals surface area contributed by atoms with Gasteiger partial charge in [0.05, 0.1) is 25.4 Å². The molecule has 6 nitrogen and oxygen atoms in total. The van der Waals surface area contributed by atoms with Gasteiger partial charge in [0.25, 0.3) is 0 Å². The molecule has 0 saturated heterocycles. The van der Waals surface area contributed by atoms with E-state index >= 15 is 0 Å². The molecule has 0 bridgehead atoms. The molecule has 0 spiro atoms. The zero-order chi connectivity index (χ0) is 63.5. The lowest BCUT2D eigenvalue weighted by Crippen LogP contribution is -2.45. The van der Waals surface area contributed by atoms with Crippen molar-refractivity contribution in [1.29, 1.82) is 0 Å². The van der Waals surface area contributed by atoms with Gasteiger partial charge in [-0.3, -0.25) is 9.59 Å². The third kappa shape index (κ3) is 73.4. The molecule has 0 aromatic heterocycles. The number of hydrogen-bond donors (Lipinski definition) is 3. The van der Waals surface area contributed by atoms with Crippen molar-refractivity contribution in [2.45, 2.75) is 475 Å². The van der Waals surface area contributed by atoms with E-state index in [9.17, 15) is 19.8 Å². The van der Waals surface area contributed by atoms with Gasteiger partial charge in [-0.1, -0.05) is 417 Å². The van der Waals surface area contributed by atoms with E-state index in [1.807, 2.05) is 0 Å². The number of carbonyl (C=O) groups is 2. The van der Waals surface area contributed by atoms with E-state index < -0.39 is 12.1 Å². The minimum absolute atomic E-state index is 0.0238. The molecule has 0 heterocycles. The van der Waals surface area contributed by atoms with E-state index in [0.29, 0.717) is 25.9 Å². The molecule has 3 N–H and O–H groups in total. The van der Waals surface area contributed by atoms with E-state index in [2.05, 4.69) is 43.5 Å². The molecule has 0 aromatic carbocycles. The number of nitrogens with one attached hydrogen (secondary N) is 1. The van der Waals surface area contributed by atoms with E-state index in [4.69, 9.17) is 4.74 Å². The van der Waals surface area contributed by atoms with Crippen LogP contribution >= 0.6 is 0 Å². The van der Waals surface area contributed by atoms with Crippen LogP contribution in [0.2, 0.25) is 0 Å². The molecule has 0 aliphatic carbocycles. The molecular formula is C82H159NO5. The lowest BCUT2D eigenvalue weighted by Gasteiger charge is -2.22. The highest BCUT2D eigenvalue weighted by molar-refractivity contribution is 5.76. The molecule has 6 heteroatoms. The van der Waals surface area contributed by atoms with E-state index in [-0.39, 0.29) is 18.5 Å². The van der Waals surface area contributed by atoms with Gasteiger partial charge in [-0.05, 0) is 57.8 Å². The molecule has 0 aromatic rings. The zero-order valence-electron chi connectivity index (χ0n) is 60.0. The van der Waals surface area contributed by atoms with Crippen LogP contribution in [0.4, 0.5) is 0 Å². The largest absolute Gasteiger partial charge is 0.466 e. The summed E-state index contributed by atoms with van der Waals surface area (Å²) in [7, 11) is 0. The van der Waals surface area contributed by atoms with Crippen LogP contribution < -0.4 is 5.32 Å². The second-order valence-corrected chi connectivity index (χ2v) is 28.1. The van der Waals surface area contributed by atoms with E-state index in [1.54, 1.807) is 0 Å². The molecule has 0 aliphatic rings. The number of carbonyl (C=O) groups excluding carboxylic acids is 2. The molecule has 88 heavy (non-hydrogen) atoms. The monoisotopic (exact) mass is 1240 g/mol. The van der Waals surface area contributed by atoms with Crippen LogP contribution in [0.3, 0.4) is 0 Å². The number of esters is 1. The van der Waals surface area contributed by atoms with Gasteiger partial charge in [0.1, 0.15) is 0 Å². The first kappa shape index (κ1) is 86.3. The Balaban J connectivity index is 3.34. The van der Waals surface area contributed by atoms with Crippen LogP contribution in [0.25, 0.3) is 0 Å². The second-order valence-electron chi connectivity index (χ2n) is 28.1. The molecule has 0 rings (SSSR count). The third-order valence-electron chi connectivity index (χ3n) is 19.3. The Morgan fingerprint density at radius 2 is 0.568 bits per heavy atom. The summed E-state index contributed by atoms with van der Waals surface area (Å²) in [4.78, 5) is 24.7. The van der Waals surface area contributed by atoms with Crippen molar-refractivity contribution in [2.75, 3.05) is 13.2 Å². The fourth-order valence-corrected chi connectivity index (χ4v) is 13.1. The third-order valence-corrected chi connectivity index (χ3v) is 19.3. The summed E-state index contributed by atoms with van der Waals surface area (Å²) < 4.78 is 5.51. The topological polar surface area (TPSA) is 95.9 Å². The highest BCUT2D eigenvalue weighted by Gasteiger charge is 2.20. The predicted octanol–water partition coefficient (Wildman–Crippen LogP) is 26.8. The average Bonchev–Trinajstić information content (AvgIpc) is 3.58. The van der Waals surface area contributed by atoms with Crippen LogP contribution in [0.15, 0.2) is 24.3 Å². The van der Waals surface area contributed by atoms with Crippen LogP contribution in [0.5, 0.6) is 0 Å². The molecule has 1 amide bonds. The summed E-state index contributed by atoms with van der Waals surface area (Å²) in [6.07, 6.45) is 100.0. The van der Waals surface area contributed by atoms with Gasteiger partial charge in [-0.25, -0.2) is 0 Å². The maximum atomic E-state index is 12.5. The maximum absolute atomic E-state index is 12.5. The number of aliphatic hydroxyl groups excluding tert-OH is 2. The van der Waals surface area contributed by atoms with Crippen LogP contribution in [0, 0.1) is 0 Å². The van der Waals surface area contributed by atoms with E-state index in [0.717, 1.165) is 44.9 Å². The molecular weight excluding hydrogens is 1080 g/mol. The van der Waals surface area contributed by atoms with Crippen molar-refractivity contribution in [3.63, 3.8) is 0 Å². The number of allylic oxidation sites excluding steroid dienone is 4. The minimum atomic E-state index is -0.662. The summed E-state index contributed by atoms with van der Waals surface area (Å²) in [6, 6.07) is -0.539. The molecule has 0 fully saturated rings. The standard InChI is InChI=1S/C82H159NO5/c1-3-5-7-9-11-13-15-17-19-42-46-50-54-58-62-66-70-74-80(85)79(78-84)83-81(86)75-71-67-63-59-55-51-47-44-40-38-36-34-32-30-28-26-24-22-21-23-25-27-29-31-33-35-37-39-41-45-49-53-57-61-65-69-73-77-88-82(87)76-72-68-64-60-56-52-48-43-20-18-16-14-12-10-8-6-4-2/h21,23,27,29,79-80,84-85H,3-20,22,24-26,28,30-78H2,1-2H3,(H,83,86)/b23-21-,29-27-. The highest BCUT2D eigenvalue weighted by atomic mass is 16.5. The fraction of sp³-hybridized carbons (Fsp3) is 0.927. The van der Waals surface area contributed by atoms with Gasteiger partial charge in [-0.2, -0.15) is 0 Å². The van der Waals surface area contributed by atoms with Crippen molar-refractivity contribution < 1.29 is 24.5 Å². The Hall–Kier alpha value is -1.66. The summed E-state index contributed by atoms with van der Waals surface area (Å²) >= 11 is 0. The quantitative estimate of drug-likeness (QED) is 0.0320. The first-order chi connectivity index (χ1) is 43.5. The number of rotatable bonds is 77. The lowest BCUT2D eigenvalue weighted by atomic mass is 10.0. The summed E-state index contributed by atoms with van der Waals surface area (Å²) in [6.45, 7) is 5.01. The van der Waals surface area contributed by atoms with E-state index in [1.165, 1.54) is 385 Å². The number of aliphatic hydroxyl groups is 2. The number of unbranched alkanes of at least 4 members (excludes halogenated alkanes) is 62. The Bertz CT molecular complexity index is 1380. The lowest BCUT2D eigenvalue weighted by molar-refractivity contribution is -0.143. The SMILES string of the molecule is CCCCCCCCCCCCCCCCCCCC(=O)OCCCCCCCCCCCCCCC/C=C\C/C=C\CCCCCCCCCCCCCCCCCCCC(=O)NC(CO)C(O)CCCCCCCCCCCCCCCCCCC. The maximum Gasteiger partial charge on any atom is 0.305 e. The van der Waals surface area contributed by atoms with Crippen LogP contribution in [0.1, 0.15) is 463 Å². The summed E-state index contributed by atoms with van der Waals surface area (Å²) in [5.74, 6) is -0.00412. The number of amides is 1. The minimum Gasteiger partial charge on any atom is -0.466 e. The van der Waals surface area contributed by atoms with Gasteiger partial charge in [0, 0.05) is 12.8 Å². The van der Waals surface area contributed by atoms with Crippen LogP contribution in [-0.2, 0) is 14.3 Å². The van der Waals surface area contributed by atoms with Crippen molar-refractivity contribution in [2.24, 2.45) is 0 Å². The van der Waals surface area contributed by atoms with Crippen molar-refractivity contribution >= 4 is 11.9 Å². The van der Waals surface area contributed by atoms with Crippen molar-refractivity contribution in [3.8, 4) is 0 Å². The summed E-state index contributed by atoms with van der Waals surface area (Å²) in [5.41, 5.74) is 0.